The zero-order chi connectivity index (χ0) is 23.9. The van der Waals surface area contributed by atoms with Crippen LogP contribution in [-0.4, -0.2) is 39.7 Å². The zero-order valence-corrected chi connectivity index (χ0v) is 19.3. The molecule has 3 aromatic rings. The number of carbonyl (C=O) groups is 1. The maximum absolute atomic E-state index is 13.5. The van der Waals surface area contributed by atoms with E-state index in [1.54, 1.807) is 25.6 Å². The highest BCUT2D eigenvalue weighted by atomic mass is 19.1. The number of aromatic nitrogens is 2. The Balaban J connectivity index is 1.50. The standard InChI is InChI=1S/C26H25FN4O3/c1-17-15-30(16-28-17)23-11-6-19(14-24(23)33-3)13-20-5-4-12-31-25(20)29-34-26(31,18(2)32)21-7-9-22(27)10-8-21/h6-11,13-16H,4-5,12H2,1-3H3. The Morgan fingerprint density at radius 2 is 2.03 bits per heavy atom. The number of carbonyl (C=O) groups excluding carboxylic acids is 1. The molecule has 2 aliphatic rings. The zero-order valence-electron chi connectivity index (χ0n) is 19.3. The number of amidine groups is 1. The van der Waals surface area contributed by atoms with Gasteiger partial charge in [-0.05, 0) is 73.4 Å². The van der Waals surface area contributed by atoms with Gasteiger partial charge in [0.25, 0.3) is 5.72 Å². The Morgan fingerprint density at radius 1 is 1.24 bits per heavy atom. The fourth-order valence-electron chi connectivity index (χ4n) is 4.62. The van der Waals surface area contributed by atoms with Gasteiger partial charge >= 0.3 is 0 Å². The molecule has 8 heteroatoms. The van der Waals surface area contributed by atoms with Crippen molar-refractivity contribution < 1.29 is 18.8 Å². The van der Waals surface area contributed by atoms with Crippen molar-refractivity contribution in [2.45, 2.75) is 32.4 Å². The van der Waals surface area contributed by atoms with Crippen molar-refractivity contribution in [1.82, 2.24) is 14.5 Å². The van der Waals surface area contributed by atoms with Crippen LogP contribution in [0.2, 0.25) is 0 Å². The summed E-state index contributed by atoms with van der Waals surface area (Å²) in [5.74, 6) is 0.761. The Kier molecular flexibility index (Phi) is 5.43. The van der Waals surface area contributed by atoms with E-state index in [0.717, 1.165) is 35.4 Å². The lowest BCUT2D eigenvalue weighted by atomic mass is 9.92. The van der Waals surface area contributed by atoms with Gasteiger partial charge in [-0.15, -0.1) is 0 Å². The highest BCUT2D eigenvalue weighted by Gasteiger charge is 2.53. The molecule has 0 amide bonds. The molecule has 2 aromatic carbocycles. The number of oxime groups is 1. The molecule has 1 atom stereocenters. The highest BCUT2D eigenvalue weighted by Crippen LogP contribution is 2.41. The van der Waals surface area contributed by atoms with Gasteiger partial charge in [0.15, 0.2) is 5.84 Å². The third-order valence-electron chi connectivity index (χ3n) is 6.26. The Hall–Kier alpha value is -3.94. The molecule has 0 saturated carbocycles. The first-order valence-electron chi connectivity index (χ1n) is 11.1. The number of ether oxygens (including phenoxy) is 1. The number of piperidine rings is 1. The monoisotopic (exact) mass is 460 g/mol. The van der Waals surface area contributed by atoms with Crippen molar-refractivity contribution in [2.75, 3.05) is 13.7 Å². The number of imidazole rings is 1. The minimum Gasteiger partial charge on any atom is -0.495 e. The van der Waals surface area contributed by atoms with Crippen molar-refractivity contribution in [1.29, 1.82) is 0 Å². The van der Waals surface area contributed by atoms with Gasteiger partial charge in [-0.25, -0.2) is 9.37 Å². The second-order valence-corrected chi connectivity index (χ2v) is 8.49. The second-order valence-electron chi connectivity index (χ2n) is 8.49. The van der Waals surface area contributed by atoms with Crippen molar-refractivity contribution in [3.8, 4) is 11.4 Å². The highest BCUT2D eigenvalue weighted by molar-refractivity contribution is 6.06. The molecule has 1 aromatic heterocycles. The van der Waals surface area contributed by atoms with Crippen LogP contribution in [-0.2, 0) is 15.4 Å². The topological polar surface area (TPSA) is 69.0 Å². The number of hydrogen-bond acceptors (Lipinski definition) is 6. The lowest BCUT2D eigenvalue weighted by molar-refractivity contribution is -0.159. The van der Waals surface area contributed by atoms with Crippen LogP contribution in [0, 0.1) is 12.7 Å². The molecule has 2 aliphatic heterocycles. The number of benzene rings is 2. The number of methoxy groups -OCH3 is 1. The largest absolute Gasteiger partial charge is 0.495 e. The summed E-state index contributed by atoms with van der Waals surface area (Å²) in [7, 11) is 1.64. The normalized spacial score (nSPS) is 20.6. The summed E-state index contributed by atoms with van der Waals surface area (Å²) < 4.78 is 21.1. The van der Waals surface area contributed by atoms with Crippen LogP contribution in [0.1, 0.15) is 36.6 Å². The van der Waals surface area contributed by atoms with Crippen LogP contribution >= 0.6 is 0 Å². The van der Waals surface area contributed by atoms with Crippen LogP contribution < -0.4 is 4.74 Å². The van der Waals surface area contributed by atoms with E-state index >= 15 is 0 Å². The SMILES string of the molecule is COc1cc(C=C2CCCN3C2=NOC3(C(C)=O)c2ccc(F)cc2)ccc1-n1cnc(C)c1. The molecule has 0 radical (unpaired) electrons. The smallest absolute Gasteiger partial charge is 0.295 e. The quantitative estimate of drug-likeness (QED) is 0.557. The van der Waals surface area contributed by atoms with Crippen molar-refractivity contribution >= 4 is 17.7 Å². The fraction of sp³-hybridized carbons (Fsp3) is 0.269. The predicted molar refractivity (Wildman–Crippen MR) is 126 cm³/mol. The first kappa shape index (κ1) is 21.9. The number of hydrogen-bond donors (Lipinski definition) is 0. The van der Waals surface area contributed by atoms with Gasteiger partial charge in [0.1, 0.15) is 11.6 Å². The lowest BCUT2D eigenvalue weighted by Crippen LogP contribution is -2.53. The van der Waals surface area contributed by atoms with Crippen LogP contribution in [0.5, 0.6) is 5.75 Å². The summed E-state index contributed by atoms with van der Waals surface area (Å²) in [4.78, 5) is 24.9. The number of halogens is 1. The van der Waals surface area contributed by atoms with Crippen molar-refractivity contribution in [3.63, 3.8) is 0 Å². The average Bonchev–Trinajstić information content (AvgIpc) is 3.44. The summed E-state index contributed by atoms with van der Waals surface area (Å²) in [6.45, 7) is 4.02. The molecule has 0 aliphatic carbocycles. The van der Waals surface area contributed by atoms with Crippen molar-refractivity contribution in [2.24, 2.45) is 5.16 Å². The van der Waals surface area contributed by atoms with E-state index in [1.807, 2.05) is 46.9 Å². The Labute approximate surface area is 197 Å². The van der Waals surface area contributed by atoms with Gasteiger partial charge in [-0.2, -0.15) is 0 Å². The Morgan fingerprint density at radius 3 is 2.71 bits per heavy atom. The van der Waals surface area contributed by atoms with E-state index in [1.165, 1.54) is 19.1 Å². The molecule has 7 nitrogen and oxygen atoms in total. The van der Waals surface area contributed by atoms with E-state index in [9.17, 15) is 9.18 Å². The molecule has 0 N–H and O–H groups in total. The van der Waals surface area contributed by atoms with Gasteiger partial charge < -0.3 is 19.0 Å². The number of nitrogens with zero attached hydrogens (tertiary/aromatic N) is 4. The molecule has 0 bridgehead atoms. The number of Topliss-reactive ketones (excluding diaryl/α,β-unsaturated/α-hetero) is 1. The number of rotatable bonds is 5. The fourth-order valence-corrected chi connectivity index (χ4v) is 4.62. The molecule has 5 rings (SSSR count). The second kappa shape index (κ2) is 8.44. The average molecular weight is 461 g/mol. The third kappa shape index (κ3) is 3.55. The molecule has 0 spiro atoms. The van der Waals surface area contributed by atoms with Crippen LogP contribution in [0.25, 0.3) is 11.8 Å². The summed E-state index contributed by atoms with van der Waals surface area (Å²) in [5, 5.41) is 4.34. The summed E-state index contributed by atoms with van der Waals surface area (Å²) in [6, 6.07) is 11.8. The molecule has 34 heavy (non-hydrogen) atoms. The predicted octanol–water partition coefficient (Wildman–Crippen LogP) is 4.59. The van der Waals surface area contributed by atoms with E-state index in [-0.39, 0.29) is 11.6 Å². The van der Waals surface area contributed by atoms with E-state index in [0.29, 0.717) is 23.7 Å². The third-order valence-corrected chi connectivity index (χ3v) is 6.26. The summed E-state index contributed by atoms with van der Waals surface area (Å²) in [5.41, 5.74) is 2.89. The van der Waals surface area contributed by atoms with E-state index in [2.05, 4.69) is 10.1 Å². The number of aryl methyl sites for hydroxylation is 1. The molecular weight excluding hydrogens is 435 g/mol. The van der Waals surface area contributed by atoms with Gasteiger partial charge in [-0.1, -0.05) is 11.2 Å². The first-order valence-corrected chi connectivity index (χ1v) is 11.1. The van der Waals surface area contributed by atoms with E-state index < -0.39 is 5.72 Å². The maximum atomic E-state index is 13.5. The summed E-state index contributed by atoms with van der Waals surface area (Å²) >= 11 is 0. The Bertz CT molecular complexity index is 1310. The molecular formula is C26H25FN4O3. The minimum absolute atomic E-state index is 0.208. The minimum atomic E-state index is -1.39. The van der Waals surface area contributed by atoms with Crippen LogP contribution in [0.4, 0.5) is 4.39 Å². The number of fused-ring (bicyclic) bond motifs is 1. The van der Waals surface area contributed by atoms with Crippen LogP contribution in [0.15, 0.2) is 65.7 Å². The summed E-state index contributed by atoms with van der Waals surface area (Å²) in [6.07, 6.45) is 7.36. The van der Waals surface area contributed by atoms with Gasteiger partial charge in [0, 0.05) is 25.2 Å². The molecule has 1 fully saturated rings. The maximum Gasteiger partial charge on any atom is 0.295 e. The molecule has 3 heterocycles. The van der Waals surface area contributed by atoms with Gasteiger partial charge in [0.05, 0.1) is 24.8 Å². The number of ketones is 1. The van der Waals surface area contributed by atoms with Crippen molar-refractivity contribution in [3.05, 3.63) is 83.2 Å². The lowest BCUT2D eigenvalue weighted by Gasteiger charge is -2.38. The molecule has 174 valence electrons. The molecule has 1 saturated heterocycles. The first-order chi connectivity index (χ1) is 16.4. The van der Waals surface area contributed by atoms with Gasteiger partial charge in [-0.3, -0.25) is 4.79 Å². The van der Waals surface area contributed by atoms with E-state index in [4.69, 9.17) is 9.57 Å². The van der Waals surface area contributed by atoms with Crippen LogP contribution in [0.3, 0.4) is 0 Å². The molecule has 1 unspecified atom stereocenters. The van der Waals surface area contributed by atoms with Gasteiger partial charge in [0.2, 0.25) is 5.78 Å².